The van der Waals surface area contributed by atoms with E-state index in [1.165, 1.54) is 0 Å². The zero-order valence-electron chi connectivity index (χ0n) is 14.4. The molecule has 1 aliphatic carbocycles. The van der Waals surface area contributed by atoms with Crippen LogP contribution in [0.1, 0.15) is 62.1 Å². The second-order valence-electron chi connectivity index (χ2n) is 7.28. The third-order valence-electron chi connectivity index (χ3n) is 5.39. The third kappa shape index (κ3) is 2.89. The Balaban J connectivity index is 1.77. The van der Waals surface area contributed by atoms with Crippen molar-refractivity contribution in [1.29, 1.82) is 0 Å². The highest BCUT2D eigenvalue weighted by molar-refractivity contribution is 5.81. The number of nitrogens with zero attached hydrogens (tertiary/aromatic N) is 3. The van der Waals surface area contributed by atoms with Gasteiger partial charge in [0.15, 0.2) is 11.3 Å². The molecule has 1 amide bonds. The Morgan fingerprint density at radius 3 is 2.88 bits per heavy atom. The van der Waals surface area contributed by atoms with Crippen LogP contribution in [-0.2, 0) is 4.79 Å². The molecule has 7 heteroatoms. The van der Waals surface area contributed by atoms with Crippen molar-refractivity contribution in [3.8, 4) is 0 Å². The van der Waals surface area contributed by atoms with Gasteiger partial charge in [-0.3, -0.25) is 9.20 Å². The number of fused-ring (bicyclic) bond motifs is 3. The van der Waals surface area contributed by atoms with E-state index in [4.69, 9.17) is 16.5 Å². The highest BCUT2D eigenvalue weighted by Gasteiger charge is 2.23. The second-order valence-corrected chi connectivity index (χ2v) is 7.28. The van der Waals surface area contributed by atoms with Gasteiger partial charge in [-0.2, -0.15) is 0 Å². The van der Waals surface area contributed by atoms with Gasteiger partial charge in [-0.25, -0.2) is 9.97 Å². The van der Waals surface area contributed by atoms with Crippen molar-refractivity contribution in [2.45, 2.75) is 56.9 Å². The molecule has 25 heavy (non-hydrogen) atoms. The van der Waals surface area contributed by atoms with E-state index in [9.17, 15) is 4.79 Å². The van der Waals surface area contributed by atoms with E-state index < -0.39 is 0 Å². The summed E-state index contributed by atoms with van der Waals surface area (Å²) in [5, 5.41) is 0. The maximum atomic E-state index is 11.3. The standard InChI is InChI=1S/C18H24N6O/c1-10(6-15(20)25)13-7-21-18-17(13)24-9-14(23-16(24)8-22-18)11-2-4-12(19)5-3-11/h7-12,21H,2-6,19H2,1H3,(H2,20,25). The predicted molar refractivity (Wildman–Crippen MR) is 96.3 cm³/mol. The Bertz CT molecular complexity index is 918. The van der Waals surface area contributed by atoms with Crippen LogP contribution in [0, 0.1) is 0 Å². The predicted octanol–water partition coefficient (Wildman–Crippen LogP) is 2.17. The molecule has 0 bridgehead atoms. The van der Waals surface area contributed by atoms with Gasteiger partial charge >= 0.3 is 0 Å². The van der Waals surface area contributed by atoms with Crippen LogP contribution in [0.4, 0.5) is 0 Å². The summed E-state index contributed by atoms with van der Waals surface area (Å²) in [7, 11) is 0. The summed E-state index contributed by atoms with van der Waals surface area (Å²) in [5.41, 5.74) is 16.2. The summed E-state index contributed by atoms with van der Waals surface area (Å²) in [6, 6.07) is 0.326. The van der Waals surface area contributed by atoms with E-state index in [0.717, 1.165) is 53.8 Å². The summed E-state index contributed by atoms with van der Waals surface area (Å²) in [6.07, 6.45) is 10.4. The molecule has 0 radical (unpaired) electrons. The Morgan fingerprint density at radius 2 is 2.16 bits per heavy atom. The van der Waals surface area contributed by atoms with Crippen LogP contribution in [-0.4, -0.2) is 31.3 Å². The first-order valence-corrected chi connectivity index (χ1v) is 8.91. The number of carbonyl (C=O) groups is 1. The topological polar surface area (TPSA) is 115 Å². The van der Waals surface area contributed by atoms with Gasteiger partial charge in [0.05, 0.1) is 17.4 Å². The molecule has 0 saturated heterocycles. The number of imidazole rings is 1. The quantitative estimate of drug-likeness (QED) is 0.675. The summed E-state index contributed by atoms with van der Waals surface area (Å²) < 4.78 is 2.09. The Kier molecular flexibility index (Phi) is 3.95. The average molecular weight is 340 g/mol. The number of H-pyrrole nitrogens is 1. The average Bonchev–Trinajstić information content (AvgIpc) is 3.18. The Morgan fingerprint density at radius 1 is 1.40 bits per heavy atom. The molecule has 1 saturated carbocycles. The van der Waals surface area contributed by atoms with Gasteiger partial charge in [-0.15, -0.1) is 0 Å². The van der Waals surface area contributed by atoms with Crippen LogP contribution in [0.15, 0.2) is 18.6 Å². The first kappa shape index (κ1) is 16.1. The lowest BCUT2D eigenvalue weighted by molar-refractivity contribution is -0.118. The lowest BCUT2D eigenvalue weighted by Gasteiger charge is -2.24. The van der Waals surface area contributed by atoms with Gasteiger partial charge in [0.2, 0.25) is 5.91 Å². The molecule has 132 valence electrons. The lowest BCUT2D eigenvalue weighted by atomic mass is 9.85. The monoisotopic (exact) mass is 340 g/mol. The number of aromatic amines is 1. The van der Waals surface area contributed by atoms with E-state index >= 15 is 0 Å². The molecule has 3 aromatic rings. The van der Waals surface area contributed by atoms with Crippen LogP contribution in [0.5, 0.6) is 0 Å². The largest absolute Gasteiger partial charge is 0.370 e. The van der Waals surface area contributed by atoms with E-state index in [2.05, 4.69) is 20.6 Å². The maximum Gasteiger partial charge on any atom is 0.218 e. The molecule has 7 nitrogen and oxygen atoms in total. The molecule has 3 heterocycles. The van der Waals surface area contributed by atoms with Crippen molar-refractivity contribution in [1.82, 2.24) is 19.4 Å². The maximum absolute atomic E-state index is 11.3. The smallest absolute Gasteiger partial charge is 0.218 e. The van der Waals surface area contributed by atoms with Crippen LogP contribution < -0.4 is 11.5 Å². The highest BCUT2D eigenvalue weighted by atomic mass is 16.1. The van der Waals surface area contributed by atoms with Crippen LogP contribution in [0.3, 0.4) is 0 Å². The molecule has 0 aliphatic heterocycles. The first-order chi connectivity index (χ1) is 12.0. The zero-order valence-corrected chi connectivity index (χ0v) is 14.4. The number of hydrogen-bond donors (Lipinski definition) is 3. The molecule has 5 N–H and O–H groups in total. The summed E-state index contributed by atoms with van der Waals surface area (Å²) in [6.45, 7) is 2.01. The van der Waals surface area contributed by atoms with Gasteiger partial charge in [-0.1, -0.05) is 6.92 Å². The highest BCUT2D eigenvalue weighted by Crippen LogP contribution is 2.33. The first-order valence-electron chi connectivity index (χ1n) is 8.91. The molecule has 1 aliphatic rings. The molecular weight excluding hydrogens is 316 g/mol. The summed E-state index contributed by atoms with van der Waals surface area (Å²) in [5.74, 6) is 0.184. The molecule has 1 unspecified atom stereocenters. The van der Waals surface area contributed by atoms with E-state index in [1.807, 2.05) is 13.1 Å². The fourth-order valence-corrected chi connectivity index (χ4v) is 3.98. The Labute approximate surface area is 145 Å². The minimum absolute atomic E-state index is 0.0252. The van der Waals surface area contributed by atoms with Crippen molar-refractivity contribution < 1.29 is 4.79 Å². The van der Waals surface area contributed by atoms with Gasteiger partial charge < -0.3 is 16.5 Å². The van der Waals surface area contributed by atoms with Crippen LogP contribution in [0.25, 0.3) is 16.8 Å². The van der Waals surface area contributed by atoms with Crippen molar-refractivity contribution >= 4 is 22.7 Å². The number of nitrogens with one attached hydrogen (secondary N) is 1. The van der Waals surface area contributed by atoms with Crippen molar-refractivity contribution in [2.75, 3.05) is 0 Å². The number of primary amides is 1. The van der Waals surface area contributed by atoms with Crippen molar-refractivity contribution in [3.63, 3.8) is 0 Å². The fraction of sp³-hybridized carbons (Fsp3) is 0.500. The summed E-state index contributed by atoms with van der Waals surface area (Å²) in [4.78, 5) is 23.8. The zero-order chi connectivity index (χ0) is 17.6. The minimum Gasteiger partial charge on any atom is -0.370 e. The number of rotatable bonds is 4. The van der Waals surface area contributed by atoms with Gasteiger partial charge in [0.1, 0.15) is 0 Å². The van der Waals surface area contributed by atoms with E-state index in [1.54, 1.807) is 6.20 Å². The van der Waals surface area contributed by atoms with Gasteiger partial charge in [-0.05, 0) is 37.2 Å². The van der Waals surface area contributed by atoms with Gasteiger partial charge in [0, 0.05) is 30.8 Å². The number of amides is 1. The van der Waals surface area contributed by atoms with Gasteiger partial charge in [0.25, 0.3) is 0 Å². The molecule has 4 rings (SSSR count). The van der Waals surface area contributed by atoms with Crippen molar-refractivity contribution in [3.05, 3.63) is 29.8 Å². The number of carbonyl (C=O) groups excluding carboxylic acids is 1. The third-order valence-corrected chi connectivity index (χ3v) is 5.39. The van der Waals surface area contributed by atoms with Crippen LogP contribution >= 0.6 is 0 Å². The van der Waals surface area contributed by atoms with E-state index in [0.29, 0.717) is 18.4 Å². The molecule has 1 atom stereocenters. The van der Waals surface area contributed by atoms with Crippen molar-refractivity contribution in [2.24, 2.45) is 11.5 Å². The lowest BCUT2D eigenvalue weighted by Crippen LogP contribution is -2.25. The van der Waals surface area contributed by atoms with E-state index in [-0.39, 0.29) is 11.8 Å². The molecule has 0 aromatic carbocycles. The minimum atomic E-state index is -0.299. The SMILES string of the molecule is CC(CC(N)=O)c1c[nH]c2ncc3nc(C4CCC(N)CC4)cn3c12. The number of aromatic nitrogens is 4. The summed E-state index contributed by atoms with van der Waals surface area (Å²) >= 11 is 0. The number of hydrogen-bond acceptors (Lipinski definition) is 4. The second kappa shape index (κ2) is 6.15. The molecule has 0 spiro atoms. The molecular formula is C18H24N6O. The normalized spacial score (nSPS) is 22.5. The molecule has 3 aromatic heterocycles. The van der Waals surface area contributed by atoms with Crippen LogP contribution in [0.2, 0.25) is 0 Å². The number of nitrogens with two attached hydrogens (primary N) is 2. The molecule has 1 fully saturated rings. The fourth-order valence-electron chi connectivity index (χ4n) is 3.98. The Hall–Kier alpha value is -2.41.